The van der Waals surface area contributed by atoms with E-state index in [1.807, 2.05) is 37.3 Å². The molecular formula is C44H54N6O6. The van der Waals surface area contributed by atoms with Crippen LogP contribution in [0.1, 0.15) is 67.7 Å². The maximum atomic E-state index is 14.1. The average molecular weight is 763 g/mol. The van der Waals surface area contributed by atoms with E-state index < -0.39 is 29.8 Å². The summed E-state index contributed by atoms with van der Waals surface area (Å²) in [6.07, 6.45) is 0.510. The minimum atomic E-state index is -1.20. The van der Waals surface area contributed by atoms with Gasteiger partial charge in [0.05, 0.1) is 6.54 Å². The van der Waals surface area contributed by atoms with Crippen LogP contribution in [0.4, 0.5) is 0 Å². The second-order valence-corrected chi connectivity index (χ2v) is 15.2. The summed E-state index contributed by atoms with van der Waals surface area (Å²) in [5.41, 5.74) is 17.9. The van der Waals surface area contributed by atoms with Gasteiger partial charge in [0.2, 0.25) is 17.7 Å². The molecule has 0 aromatic heterocycles. The van der Waals surface area contributed by atoms with Crippen LogP contribution in [0.2, 0.25) is 0 Å². The number of nitrogens with one attached hydrogen (secondary N) is 3. The molecule has 0 aliphatic carbocycles. The summed E-state index contributed by atoms with van der Waals surface area (Å²) < 4.78 is 12.1. The maximum Gasteiger partial charge on any atom is 0.251 e. The first-order chi connectivity index (χ1) is 26.7. The lowest BCUT2D eigenvalue weighted by molar-refractivity contribution is -0.139. The van der Waals surface area contributed by atoms with Crippen molar-refractivity contribution >= 4 is 23.6 Å². The molecule has 5 rings (SSSR count). The van der Waals surface area contributed by atoms with Crippen LogP contribution in [-0.4, -0.2) is 80.5 Å². The van der Waals surface area contributed by atoms with Crippen molar-refractivity contribution in [1.29, 1.82) is 0 Å². The number of amides is 4. The monoisotopic (exact) mass is 762 g/mol. The van der Waals surface area contributed by atoms with E-state index in [0.717, 1.165) is 16.7 Å². The number of nitrogens with two attached hydrogens (primary N) is 2. The third-order valence-corrected chi connectivity index (χ3v) is 9.75. The second kappa shape index (κ2) is 18.3. The molecule has 1 aliphatic heterocycles. The van der Waals surface area contributed by atoms with Crippen molar-refractivity contribution in [3.8, 4) is 33.8 Å². The summed E-state index contributed by atoms with van der Waals surface area (Å²) in [5.74, 6) is -0.870. The van der Waals surface area contributed by atoms with Gasteiger partial charge in [0, 0.05) is 42.9 Å². The highest BCUT2D eigenvalue weighted by Crippen LogP contribution is 2.40. The fraction of sp³-hybridized carbons (Fsp3) is 0.364. The van der Waals surface area contributed by atoms with Crippen LogP contribution >= 0.6 is 0 Å². The van der Waals surface area contributed by atoms with Crippen molar-refractivity contribution < 1.29 is 28.7 Å². The van der Waals surface area contributed by atoms with Gasteiger partial charge in [-0.1, -0.05) is 69.3 Å². The Morgan fingerprint density at radius 3 is 1.95 bits per heavy atom. The van der Waals surface area contributed by atoms with Crippen LogP contribution in [-0.2, 0) is 26.2 Å². The van der Waals surface area contributed by atoms with Gasteiger partial charge in [-0.3, -0.25) is 19.2 Å². The number of hydrogen-bond acceptors (Lipinski definition) is 8. The predicted octanol–water partition coefficient (Wildman–Crippen LogP) is 4.49. The number of benzene rings is 4. The Labute approximate surface area is 329 Å². The minimum absolute atomic E-state index is 0.0407. The van der Waals surface area contributed by atoms with Crippen LogP contribution < -0.4 is 36.9 Å². The summed E-state index contributed by atoms with van der Waals surface area (Å²) in [7, 11) is 1.49. The normalized spacial score (nSPS) is 17.2. The highest BCUT2D eigenvalue weighted by atomic mass is 16.5. The quantitative estimate of drug-likeness (QED) is 0.148. The fourth-order valence-electron chi connectivity index (χ4n) is 6.62. The number of nitrogens with zero attached hydrogens (tertiary/aromatic N) is 1. The van der Waals surface area contributed by atoms with E-state index in [1.165, 1.54) is 17.5 Å². The SMILES string of the molecule is CC1Cc2ccc(OCCN)c(c2)-c2cc(ccc2OCCN)C(N(C)C(=O)CNC(=O)c2ccc(-c3ccc(C(C)(C)C)cc3)cc2)C(=O)N[C@@H](C)C(=O)N1. The van der Waals surface area contributed by atoms with Gasteiger partial charge in [-0.15, -0.1) is 0 Å². The third kappa shape index (κ3) is 10.1. The van der Waals surface area contributed by atoms with Crippen LogP contribution in [0.15, 0.2) is 84.9 Å². The summed E-state index contributed by atoms with van der Waals surface area (Å²) in [5, 5.41) is 8.48. The number of carbonyl (C=O) groups is 4. The summed E-state index contributed by atoms with van der Waals surface area (Å²) in [4.78, 5) is 55.7. The molecule has 4 aromatic rings. The highest BCUT2D eigenvalue weighted by molar-refractivity contribution is 5.98. The molecule has 4 amide bonds. The van der Waals surface area contributed by atoms with Crippen molar-refractivity contribution in [1.82, 2.24) is 20.9 Å². The van der Waals surface area contributed by atoms with Crippen LogP contribution in [0, 0.1) is 0 Å². The Morgan fingerprint density at radius 2 is 1.36 bits per heavy atom. The van der Waals surface area contributed by atoms with E-state index >= 15 is 0 Å². The highest BCUT2D eigenvalue weighted by Gasteiger charge is 2.32. The summed E-state index contributed by atoms with van der Waals surface area (Å²) in [6.45, 7) is 10.7. The van der Waals surface area contributed by atoms with Crippen molar-refractivity contribution in [2.75, 3.05) is 39.9 Å². The Hall–Kier alpha value is -5.72. The number of fused-ring (bicyclic) bond motifs is 5. The van der Waals surface area contributed by atoms with E-state index in [2.05, 4.69) is 61.0 Å². The molecule has 56 heavy (non-hydrogen) atoms. The molecule has 12 heteroatoms. The van der Waals surface area contributed by atoms with E-state index in [4.69, 9.17) is 20.9 Å². The zero-order chi connectivity index (χ0) is 40.6. The molecule has 0 spiro atoms. The van der Waals surface area contributed by atoms with Crippen molar-refractivity contribution in [2.45, 2.75) is 64.6 Å². The van der Waals surface area contributed by atoms with Gasteiger partial charge < -0.3 is 41.8 Å². The molecule has 4 aromatic carbocycles. The second-order valence-electron chi connectivity index (χ2n) is 15.2. The zero-order valence-electron chi connectivity index (χ0n) is 33.1. The molecule has 0 saturated carbocycles. The van der Waals surface area contributed by atoms with Crippen molar-refractivity contribution in [3.05, 3.63) is 107 Å². The van der Waals surface area contributed by atoms with Gasteiger partial charge in [-0.25, -0.2) is 0 Å². The fourth-order valence-corrected chi connectivity index (χ4v) is 6.62. The lowest BCUT2D eigenvalue weighted by Crippen LogP contribution is -2.52. The van der Waals surface area contributed by atoms with Gasteiger partial charge in [0.15, 0.2) is 0 Å². The summed E-state index contributed by atoms with van der Waals surface area (Å²) >= 11 is 0. The average Bonchev–Trinajstić information content (AvgIpc) is 3.18. The lowest BCUT2D eigenvalue weighted by Gasteiger charge is -2.30. The van der Waals surface area contributed by atoms with E-state index in [0.29, 0.717) is 46.7 Å². The molecular weight excluding hydrogens is 709 g/mol. The van der Waals surface area contributed by atoms with Crippen LogP contribution in [0.25, 0.3) is 22.3 Å². The number of rotatable bonds is 11. The molecule has 0 fully saturated rings. The molecule has 3 atom stereocenters. The van der Waals surface area contributed by atoms with Crippen molar-refractivity contribution in [3.63, 3.8) is 0 Å². The van der Waals surface area contributed by atoms with E-state index in [1.54, 1.807) is 37.3 Å². The van der Waals surface area contributed by atoms with Gasteiger partial charge in [-0.05, 0) is 89.9 Å². The zero-order valence-corrected chi connectivity index (χ0v) is 33.1. The topological polar surface area (TPSA) is 178 Å². The minimum Gasteiger partial charge on any atom is -0.492 e. The van der Waals surface area contributed by atoms with Crippen LogP contribution in [0.5, 0.6) is 11.5 Å². The first-order valence-corrected chi connectivity index (χ1v) is 19.0. The maximum absolute atomic E-state index is 14.1. The Balaban J connectivity index is 1.44. The predicted molar refractivity (Wildman–Crippen MR) is 218 cm³/mol. The Bertz CT molecular complexity index is 2030. The molecule has 1 heterocycles. The molecule has 7 N–H and O–H groups in total. The summed E-state index contributed by atoms with van der Waals surface area (Å²) in [6, 6.07) is 24.1. The lowest BCUT2D eigenvalue weighted by atomic mass is 9.86. The molecule has 0 radical (unpaired) electrons. The largest absolute Gasteiger partial charge is 0.492 e. The Morgan fingerprint density at radius 1 is 0.786 bits per heavy atom. The van der Waals surface area contributed by atoms with Crippen LogP contribution in [0.3, 0.4) is 0 Å². The first-order valence-electron chi connectivity index (χ1n) is 19.0. The van der Waals surface area contributed by atoms with E-state index in [9.17, 15) is 19.2 Å². The number of carbonyl (C=O) groups excluding carboxylic acids is 4. The van der Waals surface area contributed by atoms with E-state index in [-0.39, 0.29) is 43.7 Å². The molecule has 0 saturated heterocycles. The van der Waals surface area contributed by atoms with Gasteiger partial charge >= 0.3 is 0 Å². The smallest absolute Gasteiger partial charge is 0.251 e. The number of ether oxygens (including phenoxy) is 2. The molecule has 1 aliphatic rings. The van der Waals surface area contributed by atoms with Gasteiger partial charge in [0.25, 0.3) is 5.91 Å². The van der Waals surface area contributed by atoms with Gasteiger partial charge in [-0.2, -0.15) is 0 Å². The molecule has 296 valence electrons. The Kier molecular flexibility index (Phi) is 13.5. The molecule has 12 nitrogen and oxygen atoms in total. The molecule has 2 unspecified atom stereocenters. The van der Waals surface area contributed by atoms with Gasteiger partial charge in [0.1, 0.15) is 36.8 Å². The standard InChI is InChI=1S/C44H54N6O6/c1-27-23-29-7-17-37(55-21-19-45)35(24-29)36-25-33(14-18-38(36)56-22-20-46)40(43(54)49-28(2)41(52)48-27)50(6)39(51)26-47-42(53)32-10-8-30(9-11-32)31-12-15-34(16-13-31)44(3,4)5/h7-18,24-25,27-28,40H,19-23,26,45-46H2,1-6H3,(H,47,53)(H,48,52)(H,49,54)/t27?,28-,40?/m0/s1. The van der Waals surface area contributed by atoms with Crippen molar-refractivity contribution in [2.24, 2.45) is 11.5 Å². The molecule has 4 bridgehead atoms. The third-order valence-electron chi connectivity index (χ3n) is 9.75. The number of hydrogen-bond donors (Lipinski definition) is 5. The first kappa shape index (κ1) is 41.4. The number of likely N-dealkylation sites (N-methyl/N-ethyl adjacent to an activating group) is 1.